The standard InChI is InChI=1S/C11H13N4O3.Y/c1-6-12-3-8-10(14-6)15(5-13-8)11-9(17)2-7(4-16)18-11;/h5,7,9,11,16-17H,2,4H2,1H3;/q-1;/t7-,9?,11+;/m0./s1. The van der Waals surface area contributed by atoms with Crippen molar-refractivity contribution >= 4 is 11.2 Å². The van der Waals surface area contributed by atoms with Crippen LogP contribution in [-0.2, 0) is 37.4 Å². The number of aromatic nitrogens is 4. The van der Waals surface area contributed by atoms with Gasteiger partial charge in [0.1, 0.15) is 6.10 Å². The summed E-state index contributed by atoms with van der Waals surface area (Å²) in [6.45, 7) is 1.65. The second kappa shape index (κ2) is 5.89. The summed E-state index contributed by atoms with van der Waals surface area (Å²) in [4.78, 5) is 12.3. The van der Waals surface area contributed by atoms with Gasteiger partial charge < -0.3 is 29.5 Å². The average molecular weight is 338 g/mol. The van der Waals surface area contributed by atoms with Crippen LogP contribution < -0.4 is 0 Å². The number of hydrogen-bond acceptors (Lipinski definition) is 6. The van der Waals surface area contributed by atoms with Gasteiger partial charge in [-0.2, -0.15) is 0 Å². The van der Waals surface area contributed by atoms with E-state index in [1.165, 1.54) is 0 Å². The minimum absolute atomic E-state index is 0. The number of aliphatic hydroxyl groups is 2. The number of nitrogens with zero attached hydrogens (tertiary/aromatic N) is 4. The third kappa shape index (κ3) is 2.71. The van der Waals surface area contributed by atoms with Gasteiger partial charge in [-0.3, -0.25) is 4.98 Å². The zero-order valence-corrected chi connectivity index (χ0v) is 13.2. The second-order valence-electron chi connectivity index (χ2n) is 4.34. The van der Waals surface area contributed by atoms with Crippen molar-refractivity contribution in [2.75, 3.05) is 6.61 Å². The molecule has 2 N–H and O–H groups in total. The molecule has 0 spiro atoms. The Balaban J connectivity index is 0.00000133. The van der Waals surface area contributed by atoms with Gasteiger partial charge in [-0.05, 0) is 6.20 Å². The molecule has 99 valence electrons. The van der Waals surface area contributed by atoms with Crippen molar-refractivity contribution in [3.63, 3.8) is 0 Å². The predicted molar refractivity (Wildman–Crippen MR) is 60.5 cm³/mol. The fourth-order valence-electron chi connectivity index (χ4n) is 2.14. The van der Waals surface area contributed by atoms with E-state index in [1.54, 1.807) is 17.8 Å². The minimum atomic E-state index is -0.685. The Bertz CT molecular complexity index is 576. The van der Waals surface area contributed by atoms with Crippen molar-refractivity contribution in [2.24, 2.45) is 0 Å². The molecular weight excluding hydrogens is 325 g/mol. The molecule has 1 unspecified atom stereocenters. The van der Waals surface area contributed by atoms with E-state index in [4.69, 9.17) is 9.84 Å². The molecule has 3 rings (SSSR count). The minimum Gasteiger partial charge on any atom is -0.394 e. The summed E-state index contributed by atoms with van der Waals surface area (Å²) >= 11 is 0. The molecule has 1 aliphatic heterocycles. The Labute approximate surface area is 134 Å². The number of aliphatic hydroxyl groups excluding tert-OH is 2. The first kappa shape index (κ1) is 14.9. The van der Waals surface area contributed by atoms with Crippen LogP contribution in [0.2, 0.25) is 0 Å². The van der Waals surface area contributed by atoms with Crippen molar-refractivity contribution in [3.05, 3.63) is 18.3 Å². The number of aryl methyl sites for hydroxylation is 1. The zero-order valence-electron chi connectivity index (χ0n) is 10.4. The zero-order chi connectivity index (χ0) is 12.7. The summed E-state index contributed by atoms with van der Waals surface area (Å²) in [6.07, 6.45) is 3.10. The van der Waals surface area contributed by atoms with E-state index in [2.05, 4.69) is 21.1 Å². The van der Waals surface area contributed by atoms with Gasteiger partial charge in [-0.25, -0.2) is 0 Å². The van der Waals surface area contributed by atoms with Gasteiger partial charge in [0.2, 0.25) is 0 Å². The first-order valence-electron chi connectivity index (χ1n) is 5.72. The van der Waals surface area contributed by atoms with E-state index in [1.807, 2.05) is 0 Å². The van der Waals surface area contributed by atoms with Crippen LogP contribution >= 0.6 is 0 Å². The molecule has 3 heterocycles. The van der Waals surface area contributed by atoms with Gasteiger partial charge in [0, 0.05) is 50.5 Å². The number of rotatable bonds is 2. The van der Waals surface area contributed by atoms with Crippen molar-refractivity contribution in [2.45, 2.75) is 31.8 Å². The number of hydrogen-bond donors (Lipinski definition) is 2. The molecule has 8 heteroatoms. The molecule has 0 aromatic carbocycles. The Morgan fingerprint density at radius 1 is 1.58 bits per heavy atom. The molecule has 2 aromatic heterocycles. The molecule has 7 nitrogen and oxygen atoms in total. The van der Waals surface area contributed by atoms with Gasteiger partial charge in [-0.1, -0.05) is 6.92 Å². The van der Waals surface area contributed by atoms with E-state index in [0.717, 1.165) is 0 Å². The van der Waals surface area contributed by atoms with Crippen molar-refractivity contribution in [1.82, 2.24) is 19.5 Å². The molecule has 0 saturated carbocycles. The number of ether oxygens (including phenoxy) is 1. The van der Waals surface area contributed by atoms with E-state index < -0.39 is 12.3 Å². The maximum atomic E-state index is 9.95. The molecule has 1 fully saturated rings. The fraction of sp³-hybridized carbons (Fsp3) is 0.545. The average Bonchev–Trinajstić information content (AvgIpc) is 2.92. The van der Waals surface area contributed by atoms with Gasteiger partial charge in [0.05, 0.1) is 24.7 Å². The number of imidazole rings is 1. The Kier molecular flexibility index (Phi) is 4.63. The fourth-order valence-corrected chi connectivity index (χ4v) is 2.14. The van der Waals surface area contributed by atoms with Crippen LogP contribution in [0.15, 0.2) is 6.33 Å². The van der Waals surface area contributed by atoms with Crippen molar-refractivity contribution in [1.29, 1.82) is 0 Å². The van der Waals surface area contributed by atoms with Crippen molar-refractivity contribution in [3.8, 4) is 0 Å². The van der Waals surface area contributed by atoms with Crippen LogP contribution in [-0.4, -0.2) is 48.5 Å². The van der Waals surface area contributed by atoms with Crippen LogP contribution in [0.3, 0.4) is 0 Å². The third-order valence-corrected chi connectivity index (χ3v) is 3.00. The summed E-state index contributed by atoms with van der Waals surface area (Å²) in [7, 11) is 0. The van der Waals surface area contributed by atoms with E-state index in [-0.39, 0.29) is 45.4 Å². The van der Waals surface area contributed by atoms with Gasteiger partial charge >= 0.3 is 0 Å². The number of fused-ring (bicyclic) bond motifs is 1. The summed E-state index contributed by atoms with van der Waals surface area (Å²) in [5.41, 5.74) is 1.11. The van der Waals surface area contributed by atoms with Crippen LogP contribution in [0.5, 0.6) is 0 Å². The first-order valence-corrected chi connectivity index (χ1v) is 5.72. The molecule has 3 atom stereocenters. The monoisotopic (exact) mass is 338 g/mol. The van der Waals surface area contributed by atoms with Gasteiger partial charge in [0.15, 0.2) is 6.23 Å². The molecule has 0 amide bonds. The Hall–Kier alpha value is -0.466. The molecule has 2 aromatic rings. The largest absolute Gasteiger partial charge is 0.394 e. The topological polar surface area (TPSA) is 93.3 Å². The second-order valence-corrected chi connectivity index (χ2v) is 4.34. The summed E-state index contributed by atoms with van der Waals surface area (Å²) in [5, 5.41) is 19.0. The Morgan fingerprint density at radius 2 is 2.37 bits per heavy atom. The quantitative estimate of drug-likeness (QED) is 0.722. The summed E-state index contributed by atoms with van der Waals surface area (Å²) in [6, 6.07) is 0. The first-order chi connectivity index (χ1) is 8.69. The predicted octanol–water partition coefficient (Wildman–Crippen LogP) is -0.427. The molecule has 1 saturated heterocycles. The summed E-state index contributed by atoms with van der Waals surface area (Å²) < 4.78 is 7.22. The molecule has 19 heavy (non-hydrogen) atoms. The van der Waals surface area contributed by atoms with Gasteiger partial charge in [-0.15, -0.1) is 0 Å². The van der Waals surface area contributed by atoms with Crippen LogP contribution in [0.4, 0.5) is 0 Å². The smallest absolute Gasteiger partial charge is 0.152 e. The van der Waals surface area contributed by atoms with E-state index >= 15 is 0 Å². The maximum Gasteiger partial charge on any atom is 0.152 e. The molecule has 0 bridgehead atoms. The van der Waals surface area contributed by atoms with E-state index in [9.17, 15) is 5.11 Å². The molecule has 1 radical (unpaired) electrons. The summed E-state index contributed by atoms with van der Waals surface area (Å²) in [5.74, 6) is 0.579. The normalized spacial score (nSPS) is 26.6. The maximum absolute atomic E-state index is 9.95. The molecule has 1 aliphatic rings. The van der Waals surface area contributed by atoms with Crippen molar-refractivity contribution < 1.29 is 47.7 Å². The Morgan fingerprint density at radius 3 is 3.05 bits per heavy atom. The third-order valence-electron chi connectivity index (χ3n) is 3.00. The van der Waals surface area contributed by atoms with Crippen LogP contribution in [0.25, 0.3) is 11.2 Å². The SMILES string of the molecule is Cc1n[c-]c2ncn([C@@H]3O[C@H](CO)CC3O)c2n1.[Y]. The van der Waals surface area contributed by atoms with Gasteiger partial charge in [0.25, 0.3) is 0 Å². The van der Waals surface area contributed by atoms with E-state index in [0.29, 0.717) is 23.4 Å². The van der Waals surface area contributed by atoms with Crippen LogP contribution in [0.1, 0.15) is 18.5 Å². The molecular formula is C11H13N4O3Y-. The van der Waals surface area contributed by atoms with Crippen LogP contribution in [0, 0.1) is 13.1 Å². The molecule has 0 aliphatic carbocycles.